The van der Waals surface area contributed by atoms with Crippen LogP contribution in [0.5, 0.6) is 0 Å². The van der Waals surface area contributed by atoms with Crippen molar-refractivity contribution < 1.29 is 0 Å². The molecule has 2 N–H and O–H groups in total. The number of halogens is 1. The fourth-order valence-electron chi connectivity index (χ4n) is 2.41. The molecule has 6 heteroatoms. The van der Waals surface area contributed by atoms with E-state index in [-0.39, 0.29) is 0 Å². The summed E-state index contributed by atoms with van der Waals surface area (Å²) in [5.41, 5.74) is 8.63. The van der Waals surface area contributed by atoms with Gasteiger partial charge in [0, 0.05) is 17.6 Å². The number of anilines is 1. The van der Waals surface area contributed by atoms with Crippen molar-refractivity contribution in [2.75, 3.05) is 5.73 Å². The number of nitrogens with zero attached hydrogens (tertiary/aromatic N) is 4. The maximum Gasteiger partial charge on any atom is 0.147 e. The van der Waals surface area contributed by atoms with Gasteiger partial charge in [-0.05, 0) is 46.3 Å². The highest BCUT2D eigenvalue weighted by Gasteiger charge is 2.08. The smallest absolute Gasteiger partial charge is 0.147 e. The first-order valence-corrected chi connectivity index (χ1v) is 7.56. The quantitative estimate of drug-likeness (QED) is 0.599. The average Bonchev–Trinajstić information content (AvgIpc) is 3.10. The second-order valence-corrected chi connectivity index (χ2v) is 5.77. The molecule has 2 aromatic carbocycles. The van der Waals surface area contributed by atoms with Crippen LogP contribution >= 0.6 is 15.9 Å². The van der Waals surface area contributed by atoms with E-state index in [2.05, 4.69) is 26.1 Å². The van der Waals surface area contributed by atoms with Gasteiger partial charge < -0.3 is 5.73 Å². The van der Waals surface area contributed by atoms with Crippen molar-refractivity contribution in [2.45, 2.75) is 0 Å². The van der Waals surface area contributed by atoms with Crippen LogP contribution in [-0.4, -0.2) is 19.6 Å². The molecule has 0 saturated heterocycles. The third-order valence-corrected chi connectivity index (χ3v) is 4.00. The first-order valence-electron chi connectivity index (χ1n) is 6.77. The molecule has 0 bridgehead atoms. The maximum absolute atomic E-state index is 5.73. The van der Waals surface area contributed by atoms with E-state index >= 15 is 0 Å². The summed E-state index contributed by atoms with van der Waals surface area (Å²) < 4.78 is 4.45. The number of nitrogens with two attached hydrogens (primary N) is 1. The summed E-state index contributed by atoms with van der Waals surface area (Å²) in [4.78, 5) is 0. The molecule has 2 aromatic heterocycles. The Morgan fingerprint density at radius 2 is 1.73 bits per heavy atom. The molecule has 108 valence electrons. The third kappa shape index (κ3) is 2.17. The van der Waals surface area contributed by atoms with Gasteiger partial charge in [-0.25, -0.2) is 9.36 Å². The summed E-state index contributed by atoms with van der Waals surface area (Å²) in [5, 5.41) is 9.91. The Bertz CT molecular complexity index is 955. The Balaban J connectivity index is 1.83. The predicted octanol–water partition coefficient (Wildman–Crippen LogP) is 3.56. The minimum Gasteiger partial charge on any atom is -0.382 e. The van der Waals surface area contributed by atoms with Gasteiger partial charge in [0.1, 0.15) is 10.4 Å². The lowest BCUT2D eigenvalue weighted by Gasteiger charge is -2.02. The Kier molecular flexibility index (Phi) is 2.97. The topological polar surface area (TPSA) is 61.7 Å². The van der Waals surface area contributed by atoms with Crippen LogP contribution in [0.25, 0.3) is 22.3 Å². The summed E-state index contributed by atoms with van der Waals surface area (Å²) in [6.45, 7) is 0. The highest BCUT2D eigenvalue weighted by molar-refractivity contribution is 9.10. The van der Waals surface area contributed by atoms with Crippen molar-refractivity contribution in [3.05, 3.63) is 65.4 Å². The first kappa shape index (κ1) is 13.1. The van der Waals surface area contributed by atoms with Crippen molar-refractivity contribution in [1.29, 1.82) is 0 Å². The summed E-state index contributed by atoms with van der Waals surface area (Å²) in [5.74, 6) is 0.479. The number of nitrogen functional groups attached to an aromatic ring is 1. The standard InChI is InChI=1S/C16H12BrN5/c17-15-9-16(18)20-22(15)13-6-7-14-11(8-13)10-21(19-14)12-4-2-1-3-5-12/h1-10H,(H2,18,20). The average molecular weight is 354 g/mol. The van der Waals surface area contributed by atoms with Crippen molar-refractivity contribution in [3.8, 4) is 11.4 Å². The second kappa shape index (κ2) is 4.99. The van der Waals surface area contributed by atoms with Gasteiger partial charge >= 0.3 is 0 Å². The van der Waals surface area contributed by atoms with Gasteiger partial charge in [0.2, 0.25) is 0 Å². The molecule has 0 aliphatic rings. The molecule has 0 aliphatic carbocycles. The molecule has 0 spiro atoms. The number of rotatable bonds is 2. The summed E-state index contributed by atoms with van der Waals surface area (Å²) in [7, 11) is 0. The molecule has 2 heterocycles. The normalized spacial score (nSPS) is 11.1. The molecule has 0 atom stereocenters. The summed E-state index contributed by atoms with van der Waals surface area (Å²) in [6, 6.07) is 17.8. The zero-order valence-corrected chi connectivity index (χ0v) is 13.1. The lowest BCUT2D eigenvalue weighted by Crippen LogP contribution is -1.97. The molecule has 0 fully saturated rings. The van der Waals surface area contributed by atoms with Crippen LogP contribution in [-0.2, 0) is 0 Å². The van der Waals surface area contributed by atoms with Gasteiger partial charge in [-0.3, -0.25) is 0 Å². The van der Waals surface area contributed by atoms with Crippen molar-refractivity contribution in [1.82, 2.24) is 19.6 Å². The minimum atomic E-state index is 0.479. The highest BCUT2D eigenvalue weighted by atomic mass is 79.9. The Morgan fingerprint density at radius 1 is 0.909 bits per heavy atom. The zero-order valence-electron chi connectivity index (χ0n) is 11.5. The molecule has 0 amide bonds. The summed E-state index contributed by atoms with van der Waals surface area (Å²) in [6.07, 6.45) is 2.01. The van der Waals surface area contributed by atoms with Crippen LogP contribution in [0.3, 0.4) is 0 Å². The molecule has 0 saturated carbocycles. The monoisotopic (exact) mass is 353 g/mol. The summed E-state index contributed by atoms with van der Waals surface area (Å²) >= 11 is 3.46. The molecular weight excluding hydrogens is 342 g/mol. The van der Waals surface area contributed by atoms with E-state index in [9.17, 15) is 0 Å². The van der Waals surface area contributed by atoms with E-state index in [1.165, 1.54) is 0 Å². The Hall–Kier alpha value is -2.60. The largest absolute Gasteiger partial charge is 0.382 e. The third-order valence-electron chi connectivity index (χ3n) is 3.44. The van der Waals surface area contributed by atoms with Gasteiger partial charge in [0.05, 0.1) is 16.9 Å². The van der Waals surface area contributed by atoms with Gasteiger partial charge in [0.15, 0.2) is 0 Å². The molecule has 0 radical (unpaired) electrons. The molecule has 22 heavy (non-hydrogen) atoms. The lowest BCUT2D eigenvalue weighted by molar-refractivity contribution is 0.867. The van der Waals surface area contributed by atoms with E-state index in [0.717, 1.165) is 26.9 Å². The molecule has 0 unspecified atom stereocenters. The Morgan fingerprint density at radius 3 is 2.45 bits per heavy atom. The van der Waals surface area contributed by atoms with Gasteiger partial charge in [0.25, 0.3) is 0 Å². The molecule has 5 nitrogen and oxygen atoms in total. The van der Waals surface area contributed by atoms with E-state index < -0.39 is 0 Å². The number of hydrogen-bond donors (Lipinski definition) is 1. The van der Waals surface area contributed by atoms with Crippen LogP contribution in [0.1, 0.15) is 0 Å². The SMILES string of the molecule is Nc1cc(Br)n(-c2ccc3nn(-c4ccccc4)cc3c2)n1. The lowest BCUT2D eigenvalue weighted by atomic mass is 10.2. The molecule has 4 aromatic rings. The van der Waals surface area contributed by atoms with Gasteiger partial charge in [-0.2, -0.15) is 5.10 Å². The van der Waals surface area contributed by atoms with Crippen LogP contribution in [0, 0.1) is 0 Å². The number of para-hydroxylation sites is 1. The van der Waals surface area contributed by atoms with Crippen molar-refractivity contribution in [3.63, 3.8) is 0 Å². The highest BCUT2D eigenvalue weighted by Crippen LogP contribution is 2.23. The number of fused-ring (bicyclic) bond motifs is 1. The number of hydrogen-bond acceptors (Lipinski definition) is 3. The molecule has 4 rings (SSSR count). The van der Waals surface area contributed by atoms with Crippen LogP contribution < -0.4 is 5.73 Å². The van der Waals surface area contributed by atoms with E-state index in [1.807, 2.05) is 59.4 Å². The maximum atomic E-state index is 5.73. The molecule has 0 aliphatic heterocycles. The fraction of sp³-hybridized carbons (Fsp3) is 0. The van der Waals surface area contributed by atoms with E-state index in [4.69, 9.17) is 5.73 Å². The second-order valence-electron chi connectivity index (χ2n) is 4.96. The number of aromatic nitrogens is 4. The first-order chi connectivity index (χ1) is 10.7. The van der Waals surface area contributed by atoms with Crippen molar-refractivity contribution in [2.24, 2.45) is 0 Å². The minimum absolute atomic E-state index is 0.479. The van der Waals surface area contributed by atoms with Crippen LogP contribution in [0.2, 0.25) is 0 Å². The number of benzene rings is 2. The van der Waals surface area contributed by atoms with Gasteiger partial charge in [-0.1, -0.05) is 18.2 Å². The van der Waals surface area contributed by atoms with Crippen LogP contribution in [0.4, 0.5) is 5.82 Å². The predicted molar refractivity (Wildman–Crippen MR) is 90.3 cm³/mol. The van der Waals surface area contributed by atoms with E-state index in [0.29, 0.717) is 5.82 Å². The van der Waals surface area contributed by atoms with Gasteiger partial charge in [-0.15, -0.1) is 5.10 Å². The Labute approximate surface area is 135 Å². The van der Waals surface area contributed by atoms with Crippen LogP contribution in [0.15, 0.2) is 65.4 Å². The van der Waals surface area contributed by atoms with E-state index in [1.54, 1.807) is 10.7 Å². The fourth-order valence-corrected chi connectivity index (χ4v) is 2.93. The van der Waals surface area contributed by atoms with Crippen molar-refractivity contribution >= 4 is 32.7 Å². The zero-order chi connectivity index (χ0) is 15.1. The molecular formula is C16H12BrN5.